The molecule has 0 spiro atoms. The lowest BCUT2D eigenvalue weighted by Gasteiger charge is -2.32. The van der Waals surface area contributed by atoms with Crippen molar-refractivity contribution in [1.82, 2.24) is 5.32 Å². The first kappa shape index (κ1) is 29.9. The van der Waals surface area contributed by atoms with E-state index in [0.717, 1.165) is 44.9 Å². The molecule has 9 heteroatoms. The van der Waals surface area contributed by atoms with E-state index in [1.165, 1.54) is 12.8 Å². The molecule has 0 aromatic heterocycles. The van der Waals surface area contributed by atoms with Gasteiger partial charge in [0.05, 0.1) is 23.8 Å². The number of hydrogen-bond acceptors (Lipinski definition) is 4. The van der Waals surface area contributed by atoms with Gasteiger partial charge in [-0.05, 0) is 85.9 Å². The summed E-state index contributed by atoms with van der Waals surface area (Å²) in [4.78, 5) is 42.0. The second-order valence-corrected chi connectivity index (χ2v) is 12.8. The Morgan fingerprint density at radius 3 is 2.49 bits per heavy atom. The minimum absolute atomic E-state index is 0.0384. The van der Waals surface area contributed by atoms with Crippen LogP contribution in [0.4, 0.5) is 11.4 Å². The Morgan fingerprint density at radius 1 is 0.976 bits per heavy atom. The van der Waals surface area contributed by atoms with Crippen LogP contribution >= 0.6 is 23.2 Å². The van der Waals surface area contributed by atoms with Gasteiger partial charge >= 0.3 is 0 Å². The van der Waals surface area contributed by atoms with Crippen molar-refractivity contribution in [2.45, 2.75) is 76.7 Å². The van der Waals surface area contributed by atoms with E-state index < -0.39 is 6.04 Å². The molecule has 7 nitrogen and oxygen atoms in total. The van der Waals surface area contributed by atoms with Gasteiger partial charge in [-0.25, -0.2) is 0 Å². The zero-order valence-corrected chi connectivity index (χ0v) is 25.0. The molecular weight excluding hydrogens is 559 g/mol. The lowest BCUT2D eigenvalue weighted by atomic mass is 9.81. The first-order chi connectivity index (χ1) is 19.8. The number of halogens is 2. The largest absolute Gasteiger partial charge is 0.352 e. The molecule has 3 aliphatic rings. The molecule has 0 radical (unpaired) electrons. The van der Waals surface area contributed by atoms with Crippen molar-refractivity contribution in [3.8, 4) is 0 Å². The minimum Gasteiger partial charge on any atom is -0.352 e. The van der Waals surface area contributed by atoms with E-state index in [1.807, 2.05) is 0 Å². The summed E-state index contributed by atoms with van der Waals surface area (Å²) in [7, 11) is 0. The number of nitrogens with zero attached hydrogens (tertiary/aromatic N) is 1. The predicted molar refractivity (Wildman–Crippen MR) is 164 cm³/mol. The standard InChI is InChI=1S/C32H40Cl2N4O3/c33-24-10-11-25(26(34)16-24)29-17-30(39)37-27-15-23(32(41)36-19-22-7-3-6-21(14-22)18-35)9-12-28(27)38(29)31(40)13-8-20-4-1-2-5-20/h9-12,15-16,20-22,29H,1-8,13-14,17-19,35H2,(H,36,41)(H,37,39). The number of nitrogens with two attached hydrogens (primary N) is 1. The molecule has 2 aromatic carbocycles. The Labute approximate surface area is 252 Å². The molecule has 2 fully saturated rings. The number of benzene rings is 2. The number of carbonyl (C=O) groups excluding carboxylic acids is 3. The number of carbonyl (C=O) groups is 3. The second kappa shape index (κ2) is 13.6. The highest BCUT2D eigenvalue weighted by Crippen LogP contribution is 2.42. The van der Waals surface area contributed by atoms with Crippen molar-refractivity contribution >= 4 is 52.3 Å². The molecule has 2 aliphatic carbocycles. The van der Waals surface area contributed by atoms with Crippen molar-refractivity contribution in [2.75, 3.05) is 23.3 Å². The number of fused-ring (bicyclic) bond motifs is 1. The monoisotopic (exact) mass is 598 g/mol. The highest BCUT2D eigenvalue weighted by atomic mass is 35.5. The molecule has 3 unspecified atom stereocenters. The van der Waals surface area contributed by atoms with Crippen LogP contribution in [0, 0.1) is 17.8 Å². The highest BCUT2D eigenvalue weighted by Gasteiger charge is 2.35. The summed E-state index contributed by atoms with van der Waals surface area (Å²) in [6.45, 7) is 1.29. The van der Waals surface area contributed by atoms with E-state index >= 15 is 0 Å². The topological polar surface area (TPSA) is 105 Å². The Balaban J connectivity index is 1.41. The number of anilines is 2. The van der Waals surface area contributed by atoms with Gasteiger partial charge in [0.2, 0.25) is 11.8 Å². The van der Waals surface area contributed by atoms with Crippen molar-refractivity contribution in [3.63, 3.8) is 0 Å². The molecule has 0 saturated heterocycles. The van der Waals surface area contributed by atoms with Gasteiger partial charge in [-0.1, -0.05) is 61.4 Å². The van der Waals surface area contributed by atoms with E-state index in [9.17, 15) is 14.4 Å². The van der Waals surface area contributed by atoms with Crippen LogP contribution in [0.1, 0.15) is 92.6 Å². The van der Waals surface area contributed by atoms with Crippen molar-refractivity contribution in [3.05, 3.63) is 57.6 Å². The normalized spacial score (nSPS) is 23.0. The Morgan fingerprint density at radius 2 is 1.73 bits per heavy atom. The summed E-state index contributed by atoms with van der Waals surface area (Å²) in [5.74, 6) is 0.985. The van der Waals surface area contributed by atoms with Gasteiger partial charge in [0.15, 0.2) is 0 Å². The molecule has 1 heterocycles. The van der Waals surface area contributed by atoms with Gasteiger partial charge in [0.25, 0.3) is 5.91 Å². The van der Waals surface area contributed by atoms with Crippen LogP contribution in [-0.2, 0) is 9.59 Å². The van der Waals surface area contributed by atoms with Crippen molar-refractivity contribution in [1.29, 1.82) is 0 Å². The Bertz CT molecular complexity index is 1280. The summed E-state index contributed by atoms with van der Waals surface area (Å²) >= 11 is 12.8. The molecule has 4 N–H and O–H groups in total. The molecule has 0 bridgehead atoms. The van der Waals surface area contributed by atoms with Gasteiger partial charge in [0.1, 0.15) is 0 Å². The lowest BCUT2D eigenvalue weighted by Crippen LogP contribution is -2.35. The number of hydrogen-bond donors (Lipinski definition) is 3. The number of nitrogens with one attached hydrogen (secondary N) is 2. The van der Waals surface area contributed by atoms with E-state index in [2.05, 4.69) is 10.6 Å². The maximum absolute atomic E-state index is 13.9. The fraction of sp³-hybridized carbons (Fsp3) is 0.531. The van der Waals surface area contributed by atoms with Gasteiger partial charge in [-0.15, -0.1) is 0 Å². The van der Waals surface area contributed by atoms with Crippen LogP contribution in [0.5, 0.6) is 0 Å². The van der Waals surface area contributed by atoms with Crippen LogP contribution in [0.3, 0.4) is 0 Å². The SMILES string of the molecule is NCC1CCCC(CNC(=O)c2ccc3c(c2)NC(=O)CC(c2ccc(Cl)cc2Cl)N3C(=O)CCC2CCCC2)C1. The molecule has 1 aliphatic heterocycles. The zero-order chi connectivity index (χ0) is 28.9. The maximum Gasteiger partial charge on any atom is 0.251 e. The van der Waals surface area contributed by atoms with Crippen LogP contribution in [0.15, 0.2) is 36.4 Å². The molecule has 41 heavy (non-hydrogen) atoms. The molecular formula is C32H40Cl2N4O3. The molecule has 3 atom stereocenters. The molecule has 3 amide bonds. The third-order valence-corrected chi connectivity index (χ3v) is 9.65. The second-order valence-electron chi connectivity index (χ2n) is 12.0. The zero-order valence-electron chi connectivity index (χ0n) is 23.5. The summed E-state index contributed by atoms with van der Waals surface area (Å²) in [5.41, 5.74) is 8.01. The third-order valence-electron chi connectivity index (χ3n) is 9.09. The molecule has 2 aromatic rings. The molecule has 2 saturated carbocycles. The summed E-state index contributed by atoms with van der Waals surface area (Å²) < 4.78 is 0. The van der Waals surface area contributed by atoms with Crippen LogP contribution in [0.2, 0.25) is 10.0 Å². The summed E-state index contributed by atoms with van der Waals surface area (Å²) in [6.07, 6.45) is 10.4. The fourth-order valence-corrected chi connectivity index (χ4v) is 7.37. The van der Waals surface area contributed by atoms with Gasteiger partial charge in [0, 0.05) is 28.6 Å². The predicted octanol–water partition coefficient (Wildman–Crippen LogP) is 6.88. The maximum atomic E-state index is 13.9. The molecule has 5 rings (SSSR count). The average molecular weight is 600 g/mol. The van der Waals surface area contributed by atoms with Gasteiger partial charge < -0.3 is 21.3 Å². The van der Waals surface area contributed by atoms with Gasteiger partial charge in [-0.2, -0.15) is 0 Å². The first-order valence-electron chi connectivity index (χ1n) is 15.0. The highest BCUT2D eigenvalue weighted by molar-refractivity contribution is 6.35. The van der Waals surface area contributed by atoms with E-state index in [1.54, 1.807) is 41.3 Å². The van der Waals surface area contributed by atoms with E-state index in [0.29, 0.717) is 69.8 Å². The third kappa shape index (κ3) is 7.25. The Kier molecular flexibility index (Phi) is 9.89. The molecule has 220 valence electrons. The minimum atomic E-state index is -0.599. The average Bonchev–Trinajstić information content (AvgIpc) is 3.44. The van der Waals surface area contributed by atoms with Crippen molar-refractivity contribution in [2.24, 2.45) is 23.5 Å². The van der Waals surface area contributed by atoms with Crippen LogP contribution in [0.25, 0.3) is 0 Å². The summed E-state index contributed by atoms with van der Waals surface area (Å²) in [5, 5.41) is 6.92. The number of amides is 3. The van der Waals surface area contributed by atoms with E-state index in [4.69, 9.17) is 28.9 Å². The number of rotatable bonds is 8. The first-order valence-corrected chi connectivity index (χ1v) is 15.8. The summed E-state index contributed by atoms with van der Waals surface area (Å²) in [6, 6.07) is 9.72. The quantitative estimate of drug-likeness (QED) is 0.308. The van der Waals surface area contributed by atoms with Crippen molar-refractivity contribution < 1.29 is 14.4 Å². The lowest BCUT2D eigenvalue weighted by molar-refractivity contribution is -0.119. The smallest absolute Gasteiger partial charge is 0.251 e. The Hall–Kier alpha value is -2.61. The van der Waals surface area contributed by atoms with E-state index in [-0.39, 0.29) is 24.1 Å². The van der Waals surface area contributed by atoms with Crippen LogP contribution in [-0.4, -0.2) is 30.8 Å². The van der Waals surface area contributed by atoms with Gasteiger partial charge in [-0.3, -0.25) is 14.4 Å². The fourth-order valence-electron chi connectivity index (χ4n) is 6.84. The van der Waals surface area contributed by atoms with Crippen LogP contribution < -0.4 is 21.3 Å².